The third kappa shape index (κ3) is 1.46. The number of aromatic nitrogens is 2. The minimum Gasteiger partial charge on any atom is -0.478 e. The number of aromatic carboxylic acids is 1. The van der Waals surface area contributed by atoms with Crippen molar-refractivity contribution in [3.63, 3.8) is 0 Å². The Kier molecular flexibility index (Phi) is 2.42. The first-order valence-corrected chi connectivity index (χ1v) is 5.23. The molecule has 0 atom stereocenters. The van der Waals surface area contributed by atoms with Crippen LogP contribution in [0, 0.1) is 6.92 Å². The Morgan fingerprint density at radius 2 is 2.12 bits per heavy atom. The molecule has 1 aromatic heterocycles. The lowest BCUT2D eigenvalue weighted by Gasteiger charge is -2.07. The van der Waals surface area contributed by atoms with Crippen molar-refractivity contribution in [3.8, 4) is 0 Å². The third-order valence-corrected chi connectivity index (χ3v) is 2.68. The highest BCUT2D eigenvalue weighted by atomic mass is 16.4. The highest BCUT2D eigenvalue weighted by molar-refractivity contribution is 6.03. The monoisotopic (exact) mass is 218 g/mol. The summed E-state index contributed by atoms with van der Waals surface area (Å²) in [6.45, 7) is 5.96. The number of benzene rings is 1. The van der Waals surface area contributed by atoms with Crippen LogP contribution in [0.5, 0.6) is 0 Å². The second-order valence-electron chi connectivity index (χ2n) is 4.13. The maximum absolute atomic E-state index is 11.1. The predicted molar refractivity (Wildman–Crippen MR) is 61.8 cm³/mol. The maximum Gasteiger partial charge on any atom is 0.336 e. The number of fused-ring (bicyclic) bond motifs is 1. The average Bonchev–Trinajstić information content (AvgIpc) is 2.56. The van der Waals surface area contributed by atoms with E-state index in [1.807, 2.05) is 31.5 Å². The van der Waals surface area contributed by atoms with E-state index in [2.05, 4.69) is 5.10 Å². The second kappa shape index (κ2) is 3.63. The molecule has 0 bridgehead atoms. The van der Waals surface area contributed by atoms with Gasteiger partial charge in [0.2, 0.25) is 0 Å². The molecule has 0 spiro atoms. The summed E-state index contributed by atoms with van der Waals surface area (Å²) in [5.74, 6) is -0.906. The van der Waals surface area contributed by atoms with Crippen LogP contribution >= 0.6 is 0 Å². The molecule has 0 fully saturated rings. The summed E-state index contributed by atoms with van der Waals surface area (Å²) >= 11 is 0. The van der Waals surface area contributed by atoms with E-state index in [0.717, 1.165) is 16.6 Å². The van der Waals surface area contributed by atoms with E-state index in [4.69, 9.17) is 5.11 Å². The first-order valence-electron chi connectivity index (χ1n) is 5.23. The fraction of sp³-hybridized carbons (Fsp3) is 0.333. The molecule has 84 valence electrons. The lowest BCUT2D eigenvalue weighted by atomic mass is 10.1. The molecule has 0 saturated heterocycles. The third-order valence-electron chi connectivity index (χ3n) is 2.68. The van der Waals surface area contributed by atoms with Crippen molar-refractivity contribution in [2.75, 3.05) is 0 Å². The van der Waals surface area contributed by atoms with Gasteiger partial charge in [0.15, 0.2) is 0 Å². The first-order chi connectivity index (χ1) is 7.52. The number of carboxylic acids is 1. The SMILES string of the molecule is Cc1c2c(C(=O)O)cccc2nn1C(C)C. The fourth-order valence-electron chi connectivity index (χ4n) is 1.99. The molecular weight excluding hydrogens is 204 g/mol. The molecule has 2 aromatic rings. The van der Waals surface area contributed by atoms with Crippen LogP contribution < -0.4 is 0 Å². The van der Waals surface area contributed by atoms with E-state index >= 15 is 0 Å². The topological polar surface area (TPSA) is 55.1 Å². The van der Waals surface area contributed by atoms with Crippen molar-refractivity contribution in [3.05, 3.63) is 29.5 Å². The van der Waals surface area contributed by atoms with Crippen molar-refractivity contribution >= 4 is 16.9 Å². The molecule has 0 unspecified atom stereocenters. The van der Waals surface area contributed by atoms with Crippen LogP contribution in [0.25, 0.3) is 10.9 Å². The fourth-order valence-corrected chi connectivity index (χ4v) is 1.99. The molecule has 2 rings (SSSR count). The molecule has 0 amide bonds. The molecule has 0 aliphatic rings. The molecule has 1 aromatic carbocycles. The van der Waals surface area contributed by atoms with Crippen LogP contribution in [0.1, 0.15) is 35.9 Å². The second-order valence-corrected chi connectivity index (χ2v) is 4.13. The minimum absolute atomic E-state index is 0.231. The molecule has 0 aliphatic carbocycles. The highest BCUT2D eigenvalue weighted by Crippen LogP contribution is 2.24. The van der Waals surface area contributed by atoms with Gasteiger partial charge in [-0.05, 0) is 32.9 Å². The van der Waals surface area contributed by atoms with Gasteiger partial charge >= 0.3 is 5.97 Å². The number of carbonyl (C=O) groups is 1. The van der Waals surface area contributed by atoms with Gasteiger partial charge in [-0.2, -0.15) is 5.10 Å². The van der Waals surface area contributed by atoms with E-state index in [-0.39, 0.29) is 6.04 Å². The van der Waals surface area contributed by atoms with Crippen LogP contribution in [0.15, 0.2) is 18.2 Å². The lowest BCUT2D eigenvalue weighted by molar-refractivity contribution is 0.0699. The van der Waals surface area contributed by atoms with Crippen LogP contribution in [0.2, 0.25) is 0 Å². The van der Waals surface area contributed by atoms with Crippen LogP contribution in [0.3, 0.4) is 0 Å². The van der Waals surface area contributed by atoms with Gasteiger partial charge in [-0.3, -0.25) is 4.68 Å². The summed E-state index contributed by atoms with van der Waals surface area (Å²) in [5, 5.41) is 14.3. The summed E-state index contributed by atoms with van der Waals surface area (Å²) in [7, 11) is 0. The number of nitrogens with zero attached hydrogens (tertiary/aromatic N) is 2. The van der Waals surface area contributed by atoms with Crippen LogP contribution in [-0.2, 0) is 0 Å². The Balaban J connectivity index is 2.82. The highest BCUT2D eigenvalue weighted by Gasteiger charge is 2.16. The number of aryl methyl sites for hydroxylation is 1. The lowest BCUT2D eigenvalue weighted by Crippen LogP contribution is -2.04. The molecule has 4 heteroatoms. The van der Waals surface area contributed by atoms with Gasteiger partial charge < -0.3 is 5.11 Å². The van der Waals surface area contributed by atoms with Crippen molar-refractivity contribution < 1.29 is 9.90 Å². The number of rotatable bonds is 2. The Morgan fingerprint density at radius 3 is 2.69 bits per heavy atom. The van der Waals surface area contributed by atoms with Gasteiger partial charge in [0.25, 0.3) is 0 Å². The van der Waals surface area contributed by atoms with E-state index in [1.54, 1.807) is 12.1 Å². The first kappa shape index (κ1) is 10.7. The van der Waals surface area contributed by atoms with Gasteiger partial charge in [-0.1, -0.05) is 6.07 Å². The number of hydrogen-bond donors (Lipinski definition) is 1. The maximum atomic E-state index is 11.1. The van der Waals surface area contributed by atoms with Crippen LogP contribution in [0.4, 0.5) is 0 Å². The summed E-state index contributed by atoms with van der Waals surface area (Å²) in [4.78, 5) is 11.1. The molecule has 4 nitrogen and oxygen atoms in total. The number of hydrogen-bond acceptors (Lipinski definition) is 2. The summed E-state index contributed by atoms with van der Waals surface area (Å²) in [6.07, 6.45) is 0. The standard InChI is InChI=1S/C12H14N2O2/c1-7(2)14-8(3)11-9(12(15)16)5-4-6-10(11)13-14/h4-7H,1-3H3,(H,15,16). The molecule has 1 N–H and O–H groups in total. The Morgan fingerprint density at radius 1 is 1.44 bits per heavy atom. The van der Waals surface area contributed by atoms with Gasteiger partial charge in [-0.25, -0.2) is 4.79 Å². The molecule has 0 radical (unpaired) electrons. The average molecular weight is 218 g/mol. The molecule has 0 saturated carbocycles. The zero-order chi connectivity index (χ0) is 11.9. The molecule has 1 heterocycles. The van der Waals surface area contributed by atoms with E-state index in [9.17, 15) is 4.79 Å². The van der Waals surface area contributed by atoms with Crippen LogP contribution in [-0.4, -0.2) is 20.9 Å². The van der Waals surface area contributed by atoms with E-state index in [1.165, 1.54) is 0 Å². The van der Waals surface area contributed by atoms with Gasteiger partial charge in [0.05, 0.1) is 11.1 Å². The van der Waals surface area contributed by atoms with Crippen molar-refractivity contribution in [2.24, 2.45) is 0 Å². The zero-order valence-corrected chi connectivity index (χ0v) is 9.56. The minimum atomic E-state index is -0.906. The Labute approximate surface area is 93.5 Å². The van der Waals surface area contributed by atoms with E-state index < -0.39 is 5.97 Å². The van der Waals surface area contributed by atoms with Crippen molar-refractivity contribution in [1.29, 1.82) is 0 Å². The van der Waals surface area contributed by atoms with Gasteiger partial charge in [0, 0.05) is 17.1 Å². The van der Waals surface area contributed by atoms with Crippen molar-refractivity contribution in [2.45, 2.75) is 26.8 Å². The van der Waals surface area contributed by atoms with Gasteiger partial charge in [-0.15, -0.1) is 0 Å². The quantitative estimate of drug-likeness (QED) is 0.843. The largest absolute Gasteiger partial charge is 0.478 e. The predicted octanol–water partition coefficient (Wildman–Crippen LogP) is 2.62. The summed E-state index contributed by atoms with van der Waals surface area (Å²) in [6, 6.07) is 5.41. The number of carboxylic acid groups (broad SMARTS) is 1. The summed E-state index contributed by atoms with van der Waals surface area (Å²) < 4.78 is 1.86. The van der Waals surface area contributed by atoms with Crippen molar-refractivity contribution in [1.82, 2.24) is 9.78 Å². The molecule has 16 heavy (non-hydrogen) atoms. The van der Waals surface area contributed by atoms with Gasteiger partial charge in [0.1, 0.15) is 0 Å². The Hall–Kier alpha value is -1.84. The molecular formula is C12H14N2O2. The van der Waals surface area contributed by atoms with E-state index in [0.29, 0.717) is 5.56 Å². The summed E-state index contributed by atoms with van der Waals surface area (Å²) in [5.41, 5.74) is 1.97. The Bertz CT molecular complexity index is 555. The normalized spacial score (nSPS) is 11.2. The molecule has 0 aliphatic heterocycles. The smallest absolute Gasteiger partial charge is 0.336 e. The zero-order valence-electron chi connectivity index (χ0n) is 9.56.